The highest BCUT2D eigenvalue weighted by Gasteiger charge is 2.20. The van der Waals surface area contributed by atoms with Crippen molar-refractivity contribution < 1.29 is 34.9 Å². The lowest BCUT2D eigenvalue weighted by Crippen LogP contribution is -2.15. The molecule has 0 radical (unpaired) electrons. The van der Waals surface area contributed by atoms with Crippen LogP contribution in [0.1, 0.15) is 21.6 Å². The molecule has 0 fully saturated rings. The summed E-state index contributed by atoms with van der Waals surface area (Å²) in [5.74, 6) is -3.01. The lowest BCUT2D eigenvalue weighted by atomic mass is 10.2. The van der Waals surface area contributed by atoms with Gasteiger partial charge in [-0.1, -0.05) is 5.16 Å². The first-order valence-electron chi connectivity index (χ1n) is 10.8. The normalized spacial score (nSPS) is 11.7. The van der Waals surface area contributed by atoms with Crippen LogP contribution in [0.2, 0.25) is 0 Å². The quantitative estimate of drug-likeness (QED) is 0.288. The lowest BCUT2D eigenvalue weighted by molar-refractivity contribution is 0.102. The second-order valence-corrected chi connectivity index (χ2v) is 11.4. The Balaban J connectivity index is 1.41. The van der Waals surface area contributed by atoms with Crippen molar-refractivity contribution in [2.24, 2.45) is 0 Å². The van der Waals surface area contributed by atoms with E-state index in [9.17, 15) is 30.4 Å². The van der Waals surface area contributed by atoms with Gasteiger partial charge in [0.2, 0.25) is 5.88 Å². The summed E-state index contributed by atoms with van der Waals surface area (Å²) < 4.78 is 86.0. The van der Waals surface area contributed by atoms with Crippen LogP contribution in [-0.2, 0) is 20.0 Å². The highest BCUT2D eigenvalue weighted by atomic mass is 32.2. The average Bonchev–Trinajstić information content (AvgIpc) is 3.17. The van der Waals surface area contributed by atoms with Crippen molar-refractivity contribution in [2.75, 3.05) is 14.8 Å². The molecular formula is C24H20F2N4O6S2. The number of amides is 1. The van der Waals surface area contributed by atoms with Gasteiger partial charge in [0.15, 0.2) is 11.6 Å². The second kappa shape index (κ2) is 10.2. The molecule has 38 heavy (non-hydrogen) atoms. The Morgan fingerprint density at radius 2 is 1.34 bits per heavy atom. The smallest absolute Gasteiger partial charge is 0.264 e. The van der Waals surface area contributed by atoms with Gasteiger partial charge < -0.3 is 9.84 Å². The largest absolute Gasteiger partial charge is 0.337 e. The Bertz CT molecular complexity index is 1720. The molecule has 0 aliphatic rings. The molecule has 1 heterocycles. The summed E-state index contributed by atoms with van der Waals surface area (Å²) >= 11 is 0. The van der Waals surface area contributed by atoms with Crippen molar-refractivity contribution in [1.29, 1.82) is 0 Å². The molecule has 3 N–H and O–H groups in total. The van der Waals surface area contributed by atoms with Crippen molar-refractivity contribution in [3.05, 3.63) is 95.2 Å². The first-order chi connectivity index (χ1) is 17.9. The predicted octanol–water partition coefficient (Wildman–Crippen LogP) is 4.42. The van der Waals surface area contributed by atoms with Gasteiger partial charge in [0.1, 0.15) is 0 Å². The SMILES string of the molecule is Cc1noc(NS(=O)(=O)c2ccc(NC(=O)c3ccc(NS(=O)(=O)c4ccc(F)c(F)c4)cc3)cc2)c1C. The fourth-order valence-corrected chi connectivity index (χ4v) is 5.28. The Hall–Kier alpha value is -4.30. The second-order valence-electron chi connectivity index (χ2n) is 8.06. The topological polar surface area (TPSA) is 147 Å². The van der Waals surface area contributed by atoms with Gasteiger partial charge in [-0.05, 0) is 80.6 Å². The van der Waals surface area contributed by atoms with Crippen LogP contribution in [0.25, 0.3) is 0 Å². The number of hydrogen-bond donors (Lipinski definition) is 3. The van der Waals surface area contributed by atoms with E-state index in [1.54, 1.807) is 13.8 Å². The third-order valence-corrected chi connectivity index (χ3v) is 8.13. The van der Waals surface area contributed by atoms with Crippen LogP contribution in [-0.4, -0.2) is 27.9 Å². The average molecular weight is 563 g/mol. The third-order valence-electron chi connectivity index (χ3n) is 5.41. The van der Waals surface area contributed by atoms with Crippen molar-refractivity contribution in [3.63, 3.8) is 0 Å². The van der Waals surface area contributed by atoms with E-state index < -0.39 is 42.5 Å². The molecule has 0 unspecified atom stereocenters. The lowest BCUT2D eigenvalue weighted by Gasteiger charge is -2.10. The zero-order valence-electron chi connectivity index (χ0n) is 19.8. The number of sulfonamides is 2. The number of hydrogen-bond acceptors (Lipinski definition) is 7. The van der Waals surface area contributed by atoms with Gasteiger partial charge in [0.05, 0.1) is 15.5 Å². The van der Waals surface area contributed by atoms with E-state index in [2.05, 4.69) is 19.9 Å². The summed E-state index contributed by atoms with van der Waals surface area (Å²) in [6, 6.07) is 12.9. The summed E-state index contributed by atoms with van der Waals surface area (Å²) in [4.78, 5) is 12.1. The van der Waals surface area contributed by atoms with E-state index in [1.165, 1.54) is 48.5 Å². The zero-order chi connectivity index (χ0) is 27.7. The summed E-state index contributed by atoms with van der Waals surface area (Å²) in [6.45, 7) is 3.34. The van der Waals surface area contributed by atoms with Gasteiger partial charge >= 0.3 is 0 Å². The number of anilines is 3. The molecular weight excluding hydrogens is 542 g/mol. The van der Waals surface area contributed by atoms with Crippen LogP contribution < -0.4 is 14.8 Å². The van der Waals surface area contributed by atoms with Gasteiger partial charge in [0, 0.05) is 22.5 Å². The van der Waals surface area contributed by atoms with E-state index in [-0.39, 0.29) is 22.0 Å². The van der Waals surface area contributed by atoms with Crippen molar-refractivity contribution >= 4 is 43.2 Å². The van der Waals surface area contributed by atoms with Gasteiger partial charge in [0.25, 0.3) is 26.0 Å². The van der Waals surface area contributed by atoms with Gasteiger partial charge in [-0.25, -0.2) is 30.3 Å². The molecule has 0 aliphatic carbocycles. The fraction of sp³-hybridized carbons (Fsp3) is 0.0833. The molecule has 4 aromatic rings. The zero-order valence-corrected chi connectivity index (χ0v) is 21.5. The van der Waals surface area contributed by atoms with Crippen molar-refractivity contribution in [1.82, 2.24) is 5.16 Å². The van der Waals surface area contributed by atoms with E-state index in [1.807, 2.05) is 0 Å². The standard InChI is InChI=1S/C24H20F2N4O6S2/c1-14-15(2)28-36-24(14)30-37(32,33)19-9-7-17(8-10-19)27-23(31)16-3-5-18(6-4-16)29-38(34,35)20-11-12-21(25)22(26)13-20/h3-13,29-30H,1-2H3,(H,27,31). The summed E-state index contributed by atoms with van der Waals surface area (Å²) in [5.41, 5.74) is 1.68. The fourth-order valence-electron chi connectivity index (χ4n) is 3.16. The molecule has 0 spiro atoms. The summed E-state index contributed by atoms with van der Waals surface area (Å²) in [7, 11) is -8.15. The van der Waals surface area contributed by atoms with E-state index in [4.69, 9.17) is 4.52 Å². The predicted molar refractivity (Wildman–Crippen MR) is 135 cm³/mol. The van der Waals surface area contributed by atoms with Gasteiger partial charge in [-0.3, -0.25) is 9.52 Å². The first-order valence-corrected chi connectivity index (χ1v) is 13.8. The molecule has 10 nitrogen and oxygen atoms in total. The highest BCUT2D eigenvalue weighted by Crippen LogP contribution is 2.23. The number of nitrogens with one attached hydrogen (secondary N) is 3. The van der Waals surface area contributed by atoms with E-state index in [0.717, 1.165) is 6.07 Å². The number of carbonyl (C=O) groups excluding carboxylic acids is 1. The van der Waals surface area contributed by atoms with Gasteiger partial charge in [-0.2, -0.15) is 0 Å². The monoisotopic (exact) mass is 562 g/mol. The van der Waals surface area contributed by atoms with Crippen LogP contribution in [0.3, 0.4) is 0 Å². The molecule has 0 saturated carbocycles. The number of aromatic nitrogens is 1. The number of halogens is 2. The molecule has 0 aliphatic heterocycles. The number of aryl methyl sites for hydroxylation is 1. The van der Waals surface area contributed by atoms with Crippen LogP contribution in [0.5, 0.6) is 0 Å². The third kappa shape index (κ3) is 5.81. The maximum absolute atomic E-state index is 13.4. The highest BCUT2D eigenvalue weighted by molar-refractivity contribution is 7.93. The van der Waals surface area contributed by atoms with Crippen molar-refractivity contribution in [2.45, 2.75) is 23.6 Å². The number of nitrogens with zero attached hydrogens (tertiary/aromatic N) is 1. The molecule has 14 heteroatoms. The van der Waals surface area contributed by atoms with Crippen LogP contribution in [0.4, 0.5) is 26.0 Å². The first kappa shape index (κ1) is 26.8. The van der Waals surface area contributed by atoms with E-state index in [0.29, 0.717) is 29.1 Å². The minimum atomic E-state index is -4.19. The van der Waals surface area contributed by atoms with Crippen LogP contribution in [0.15, 0.2) is 81.0 Å². The molecule has 0 atom stereocenters. The maximum Gasteiger partial charge on any atom is 0.264 e. The van der Waals surface area contributed by atoms with Gasteiger partial charge in [-0.15, -0.1) is 0 Å². The Morgan fingerprint density at radius 1 is 0.763 bits per heavy atom. The molecule has 198 valence electrons. The molecule has 0 bridgehead atoms. The number of carbonyl (C=O) groups is 1. The van der Waals surface area contributed by atoms with Crippen molar-refractivity contribution in [3.8, 4) is 0 Å². The van der Waals surface area contributed by atoms with Crippen LogP contribution >= 0.6 is 0 Å². The number of benzene rings is 3. The minimum Gasteiger partial charge on any atom is -0.337 e. The maximum atomic E-state index is 13.4. The summed E-state index contributed by atoms with van der Waals surface area (Å²) in [5, 5.41) is 6.31. The Kier molecular flexibility index (Phi) is 7.20. The minimum absolute atomic E-state index is 0.00967. The molecule has 1 aromatic heterocycles. The number of rotatable bonds is 8. The molecule has 1 amide bonds. The Labute approximate surface area is 216 Å². The summed E-state index contributed by atoms with van der Waals surface area (Å²) in [6.07, 6.45) is 0. The molecule has 3 aromatic carbocycles. The van der Waals surface area contributed by atoms with E-state index >= 15 is 0 Å². The Morgan fingerprint density at radius 3 is 1.92 bits per heavy atom. The molecule has 4 rings (SSSR count). The van der Waals surface area contributed by atoms with Crippen LogP contribution in [0, 0.1) is 25.5 Å². The molecule has 0 saturated heterocycles.